The Balaban J connectivity index is 2.45. The van der Waals surface area contributed by atoms with Crippen molar-refractivity contribution in [2.75, 3.05) is 19.6 Å². The van der Waals surface area contributed by atoms with Crippen LogP contribution in [-0.4, -0.2) is 30.4 Å². The summed E-state index contributed by atoms with van der Waals surface area (Å²) in [6, 6.07) is 0. The first-order chi connectivity index (χ1) is 9.42. The first-order valence-electron chi connectivity index (χ1n) is 8.40. The molecule has 0 atom stereocenters. The minimum Gasteiger partial charge on any atom is -0.342 e. The Labute approximate surface area is 125 Å². The van der Waals surface area contributed by atoms with Crippen LogP contribution in [0.25, 0.3) is 0 Å². The lowest BCUT2D eigenvalue weighted by atomic mass is 9.80. The van der Waals surface area contributed by atoms with Crippen molar-refractivity contribution in [1.29, 1.82) is 0 Å². The second-order valence-electron chi connectivity index (χ2n) is 7.41. The van der Waals surface area contributed by atoms with Crippen molar-refractivity contribution >= 4 is 5.91 Å². The van der Waals surface area contributed by atoms with Gasteiger partial charge in [-0.05, 0) is 55.9 Å². The molecule has 3 nitrogen and oxygen atoms in total. The molecule has 1 rings (SSSR count). The monoisotopic (exact) mass is 282 g/mol. The molecule has 0 aromatic rings. The van der Waals surface area contributed by atoms with Crippen LogP contribution in [0.3, 0.4) is 0 Å². The number of carbonyl (C=O) groups excluding carboxylic acids is 1. The van der Waals surface area contributed by atoms with Gasteiger partial charge in [-0.25, -0.2) is 0 Å². The van der Waals surface area contributed by atoms with Crippen molar-refractivity contribution in [3.8, 4) is 0 Å². The standard InChI is InChI=1S/C17H34N2O/c1-13(2)11-19(12-14(3)4)17(20)9-15-5-7-16(10-18)8-6-15/h13-16H,5-12,18H2,1-4H3. The number of hydrogen-bond donors (Lipinski definition) is 1. The lowest BCUT2D eigenvalue weighted by molar-refractivity contribution is -0.133. The molecule has 0 radical (unpaired) electrons. The summed E-state index contributed by atoms with van der Waals surface area (Å²) in [7, 11) is 0. The van der Waals surface area contributed by atoms with E-state index in [9.17, 15) is 4.79 Å². The Bertz CT molecular complexity index is 271. The molecular formula is C17H34N2O. The summed E-state index contributed by atoms with van der Waals surface area (Å²) in [5.41, 5.74) is 5.73. The lowest BCUT2D eigenvalue weighted by Crippen LogP contribution is -2.38. The molecule has 1 fully saturated rings. The van der Waals surface area contributed by atoms with Crippen LogP contribution < -0.4 is 5.73 Å². The van der Waals surface area contributed by atoms with Crippen molar-refractivity contribution < 1.29 is 4.79 Å². The summed E-state index contributed by atoms with van der Waals surface area (Å²) in [5, 5.41) is 0. The lowest BCUT2D eigenvalue weighted by Gasteiger charge is -2.31. The maximum Gasteiger partial charge on any atom is 0.222 e. The highest BCUT2D eigenvalue weighted by atomic mass is 16.2. The van der Waals surface area contributed by atoms with Gasteiger partial charge >= 0.3 is 0 Å². The van der Waals surface area contributed by atoms with Crippen LogP contribution in [0.5, 0.6) is 0 Å². The minimum absolute atomic E-state index is 0.364. The average molecular weight is 282 g/mol. The molecule has 0 unspecified atom stereocenters. The van der Waals surface area contributed by atoms with E-state index in [1.165, 1.54) is 25.7 Å². The van der Waals surface area contributed by atoms with E-state index in [0.717, 1.165) is 26.1 Å². The zero-order valence-corrected chi connectivity index (χ0v) is 13.9. The molecule has 20 heavy (non-hydrogen) atoms. The van der Waals surface area contributed by atoms with E-state index >= 15 is 0 Å². The summed E-state index contributed by atoms with van der Waals surface area (Å²) >= 11 is 0. The van der Waals surface area contributed by atoms with E-state index in [1.807, 2.05) is 0 Å². The van der Waals surface area contributed by atoms with Gasteiger partial charge in [-0.3, -0.25) is 4.79 Å². The Kier molecular flexibility index (Phi) is 7.57. The zero-order chi connectivity index (χ0) is 15.1. The highest BCUT2D eigenvalue weighted by Gasteiger charge is 2.25. The Hall–Kier alpha value is -0.570. The molecule has 3 heteroatoms. The average Bonchev–Trinajstić information content (AvgIpc) is 2.37. The molecule has 0 heterocycles. The normalized spacial score (nSPS) is 23.4. The van der Waals surface area contributed by atoms with Gasteiger partial charge in [0.25, 0.3) is 0 Å². The van der Waals surface area contributed by atoms with E-state index in [4.69, 9.17) is 5.73 Å². The third kappa shape index (κ3) is 6.25. The second-order valence-corrected chi connectivity index (χ2v) is 7.41. The summed E-state index contributed by atoms with van der Waals surface area (Å²) in [6.07, 6.45) is 5.54. The van der Waals surface area contributed by atoms with Crippen LogP contribution in [0.2, 0.25) is 0 Å². The molecule has 0 aromatic carbocycles. The van der Waals surface area contributed by atoms with Crippen LogP contribution in [-0.2, 0) is 4.79 Å². The van der Waals surface area contributed by atoms with Gasteiger partial charge in [0, 0.05) is 19.5 Å². The number of nitrogens with zero attached hydrogens (tertiary/aromatic N) is 1. The van der Waals surface area contributed by atoms with Gasteiger partial charge in [0.2, 0.25) is 5.91 Å². The van der Waals surface area contributed by atoms with Crippen LogP contribution >= 0.6 is 0 Å². The van der Waals surface area contributed by atoms with E-state index in [0.29, 0.717) is 29.6 Å². The first-order valence-corrected chi connectivity index (χ1v) is 8.40. The van der Waals surface area contributed by atoms with Crippen molar-refractivity contribution in [3.63, 3.8) is 0 Å². The number of nitrogens with two attached hydrogens (primary N) is 1. The largest absolute Gasteiger partial charge is 0.342 e. The van der Waals surface area contributed by atoms with Gasteiger partial charge in [-0.1, -0.05) is 27.7 Å². The summed E-state index contributed by atoms with van der Waals surface area (Å²) < 4.78 is 0. The molecule has 0 aromatic heterocycles. The number of amides is 1. The minimum atomic E-state index is 0.364. The Morgan fingerprint density at radius 3 is 1.85 bits per heavy atom. The van der Waals surface area contributed by atoms with Gasteiger partial charge in [-0.2, -0.15) is 0 Å². The second kappa shape index (κ2) is 8.66. The molecular weight excluding hydrogens is 248 g/mol. The van der Waals surface area contributed by atoms with Gasteiger partial charge in [0.15, 0.2) is 0 Å². The van der Waals surface area contributed by atoms with Crippen LogP contribution in [0, 0.1) is 23.7 Å². The highest BCUT2D eigenvalue weighted by Crippen LogP contribution is 2.30. The van der Waals surface area contributed by atoms with E-state index < -0.39 is 0 Å². The van der Waals surface area contributed by atoms with Crippen LogP contribution in [0.15, 0.2) is 0 Å². The van der Waals surface area contributed by atoms with Crippen molar-refractivity contribution in [2.45, 2.75) is 59.8 Å². The van der Waals surface area contributed by atoms with Crippen LogP contribution in [0.4, 0.5) is 0 Å². The highest BCUT2D eigenvalue weighted by molar-refractivity contribution is 5.76. The molecule has 1 aliphatic carbocycles. The third-order valence-corrected chi connectivity index (χ3v) is 4.29. The molecule has 1 saturated carbocycles. The molecule has 0 bridgehead atoms. The van der Waals surface area contributed by atoms with E-state index in [-0.39, 0.29) is 0 Å². The summed E-state index contributed by atoms with van der Waals surface area (Å²) in [4.78, 5) is 14.6. The quantitative estimate of drug-likeness (QED) is 0.779. The SMILES string of the molecule is CC(C)CN(CC(C)C)C(=O)CC1CCC(CN)CC1. The summed E-state index contributed by atoms with van der Waals surface area (Å²) in [6.45, 7) is 11.4. The first kappa shape index (κ1) is 17.5. The fourth-order valence-electron chi connectivity index (χ4n) is 3.21. The zero-order valence-electron chi connectivity index (χ0n) is 13.9. The maximum atomic E-state index is 12.5. The fraction of sp³-hybridized carbons (Fsp3) is 0.941. The number of hydrogen-bond acceptors (Lipinski definition) is 2. The van der Waals surface area contributed by atoms with Crippen LogP contribution in [0.1, 0.15) is 59.8 Å². The summed E-state index contributed by atoms with van der Waals surface area (Å²) in [5.74, 6) is 2.75. The van der Waals surface area contributed by atoms with Crippen molar-refractivity contribution in [2.24, 2.45) is 29.4 Å². The van der Waals surface area contributed by atoms with E-state index in [2.05, 4.69) is 32.6 Å². The molecule has 118 valence electrons. The predicted octanol–water partition coefficient (Wildman–Crippen LogP) is 3.28. The molecule has 1 aliphatic rings. The topological polar surface area (TPSA) is 46.3 Å². The number of carbonyl (C=O) groups is 1. The number of rotatable bonds is 7. The Morgan fingerprint density at radius 2 is 1.45 bits per heavy atom. The molecule has 0 saturated heterocycles. The molecule has 2 N–H and O–H groups in total. The molecule has 0 spiro atoms. The van der Waals surface area contributed by atoms with Gasteiger partial charge in [-0.15, -0.1) is 0 Å². The van der Waals surface area contributed by atoms with Gasteiger partial charge in [0.05, 0.1) is 0 Å². The molecule has 1 amide bonds. The predicted molar refractivity (Wildman–Crippen MR) is 85.4 cm³/mol. The third-order valence-electron chi connectivity index (χ3n) is 4.29. The van der Waals surface area contributed by atoms with E-state index in [1.54, 1.807) is 0 Å². The van der Waals surface area contributed by atoms with Gasteiger partial charge < -0.3 is 10.6 Å². The fourth-order valence-corrected chi connectivity index (χ4v) is 3.21. The van der Waals surface area contributed by atoms with Crippen molar-refractivity contribution in [1.82, 2.24) is 4.90 Å². The van der Waals surface area contributed by atoms with Gasteiger partial charge in [0.1, 0.15) is 0 Å². The molecule has 0 aliphatic heterocycles. The van der Waals surface area contributed by atoms with Crippen molar-refractivity contribution in [3.05, 3.63) is 0 Å². The smallest absolute Gasteiger partial charge is 0.222 e. The Morgan fingerprint density at radius 1 is 1.00 bits per heavy atom. The maximum absolute atomic E-state index is 12.5.